The highest BCUT2D eigenvalue weighted by atomic mass is 19.4. The number of likely N-dealkylation sites (tertiary alicyclic amines) is 1. The van der Waals surface area contributed by atoms with Crippen LogP contribution in [0.3, 0.4) is 0 Å². The third-order valence-electron chi connectivity index (χ3n) is 7.75. The zero-order chi connectivity index (χ0) is 23.3. The van der Waals surface area contributed by atoms with Crippen molar-refractivity contribution >= 4 is 22.5 Å². The van der Waals surface area contributed by atoms with Crippen molar-refractivity contribution in [3.63, 3.8) is 0 Å². The van der Waals surface area contributed by atoms with Gasteiger partial charge in [-0.15, -0.1) is 0 Å². The Balaban J connectivity index is 1.30. The van der Waals surface area contributed by atoms with Gasteiger partial charge in [-0.1, -0.05) is 6.92 Å². The first kappa shape index (κ1) is 22.4. The fourth-order valence-electron chi connectivity index (χ4n) is 6.37. The molecule has 0 radical (unpaired) electrons. The zero-order valence-electron chi connectivity index (χ0n) is 19.1. The van der Waals surface area contributed by atoms with E-state index in [1.807, 2.05) is 0 Å². The Labute approximate surface area is 192 Å². The normalized spacial score (nSPS) is 30.2. The number of rotatable bonds is 4. The lowest BCUT2D eigenvalue weighted by molar-refractivity contribution is -0.136. The molecule has 2 aromatic rings. The van der Waals surface area contributed by atoms with Crippen LogP contribution >= 0.6 is 0 Å². The van der Waals surface area contributed by atoms with Gasteiger partial charge in [0.1, 0.15) is 0 Å². The SMILES string of the molecule is C[C@H]1C[C@@H](NC(=O)CC2[C@@H]3C[C@H]2CN(C)C3)CN(c2ccc(C(F)(F)F)c3ncccc23)C1. The Bertz CT molecular complexity index is 1030. The van der Waals surface area contributed by atoms with Crippen molar-refractivity contribution < 1.29 is 18.0 Å². The summed E-state index contributed by atoms with van der Waals surface area (Å²) in [4.78, 5) is 21.4. The fourth-order valence-corrected chi connectivity index (χ4v) is 6.37. The minimum absolute atomic E-state index is 0.0159. The van der Waals surface area contributed by atoms with E-state index in [0.29, 0.717) is 42.0 Å². The van der Waals surface area contributed by atoms with E-state index in [9.17, 15) is 18.0 Å². The minimum Gasteiger partial charge on any atom is -0.369 e. The van der Waals surface area contributed by atoms with E-state index in [1.54, 1.807) is 18.2 Å². The van der Waals surface area contributed by atoms with Gasteiger partial charge >= 0.3 is 6.18 Å². The van der Waals surface area contributed by atoms with Crippen LogP contribution in [-0.4, -0.2) is 55.1 Å². The van der Waals surface area contributed by atoms with Crippen molar-refractivity contribution in [3.8, 4) is 0 Å². The third kappa shape index (κ3) is 4.42. The number of pyridine rings is 1. The van der Waals surface area contributed by atoms with Crippen molar-refractivity contribution in [3.05, 3.63) is 36.0 Å². The van der Waals surface area contributed by atoms with Crippen LogP contribution in [0.5, 0.6) is 0 Å². The lowest BCUT2D eigenvalue weighted by Crippen LogP contribution is -2.56. The molecule has 2 aliphatic heterocycles. The number of carbonyl (C=O) groups excluding carboxylic acids is 1. The quantitative estimate of drug-likeness (QED) is 0.744. The van der Waals surface area contributed by atoms with Crippen molar-refractivity contribution in [2.45, 2.75) is 38.4 Å². The molecular weight excluding hydrogens is 429 g/mol. The molecule has 1 aromatic heterocycles. The predicted octanol–water partition coefficient (Wildman–Crippen LogP) is 4.17. The highest BCUT2D eigenvalue weighted by molar-refractivity contribution is 5.94. The van der Waals surface area contributed by atoms with Gasteiger partial charge in [0.25, 0.3) is 0 Å². The van der Waals surface area contributed by atoms with E-state index in [2.05, 4.69) is 34.1 Å². The molecular formula is C25H31F3N4O. The number of alkyl halides is 3. The van der Waals surface area contributed by atoms with Crippen molar-refractivity contribution in [1.29, 1.82) is 0 Å². The average molecular weight is 461 g/mol. The van der Waals surface area contributed by atoms with E-state index >= 15 is 0 Å². The summed E-state index contributed by atoms with van der Waals surface area (Å²) in [7, 11) is 2.15. The summed E-state index contributed by atoms with van der Waals surface area (Å²) >= 11 is 0. The first-order chi connectivity index (χ1) is 15.7. The largest absolute Gasteiger partial charge is 0.418 e. The van der Waals surface area contributed by atoms with Crippen molar-refractivity contribution in [2.24, 2.45) is 23.7 Å². The molecule has 1 aromatic carbocycles. The molecule has 1 amide bonds. The molecule has 8 heteroatoms. The summed E-state index contributed by atoms with van der Waals surface area (Å²) < 4.78 is 40.5. The highest BCUT2D eigenvalue weighted by Crippen LogP contribution is 2.47. The van der Waals surface area contributed by atoms with Crippen LogP contribution in [0.25, 0.3) is 10.9 Å². The number of anilines is 1. The predicted molar refractivity (Wildman–Crippen MR) is 122 cm³/mol. The van der Waals surface area contributed by atoms with Gasteiger partial charge in [-0.25, -0.2) is 0 Å². The van der Waals surface area contributed by atoms with E-state index in [-0.39, 0.29) is 17.5 Å². The van der Waals surface area contributed by atoms with Crippen LogP contribution in [0.15, 0.2) is 30.5 Å². The summed E-state index contributed by atoms with van der Waals surface area (Å²) in [5.74, 6) is 2.18. The van der Waals surface area contributed by atoms with Gasteiger partial charge in [-0.2, -0.15) is 13.2 Å². The van der Waals surface area contributed by atoms with Gasteiger partial charge in [0.2, 0.25) is 5.91 Å². The number of nitrogens with one attached hydrogen (secondary N) is 1. The summed E-state index contributed by atoms with van der Waals surface area (Å²) in [5.41, 5.74) is 0.00437. The number of hydrogen-bond acceptors (Lipinski definition) is 4. The number of amides is 1. The summed E-state index contributed by atoms with van der Waals surface area (Å²) in [6, 6.07) is 6.04. The summed E-state index contributed by atoms with van der Waals surface area (Å²) in [6.45, 7) is 5.62. The molecule has 1 unspecified atom stereocenters. The Kier molecular flexibility index (Phi) is 5.75. The number of carbonyl (C=O) groups is 1. The zero-order valence-corrected chi connectivity index (χ0v) is 19.1. The number of benzene rings is 1. The van der Waals surface area contributed by atoms with Gasteiger partial charge in [0, 0.05) is 55.9 Å². The Morgan fingerprint density at radius 2 is 1.88 bits per heavy atom. The van der Waals surface area contributed by atoms with Crippen LogP contribution in [0.4, 0.5) is 18.9 Å². The van der Waals surface area contributed by atoms with Gasteiger partial charge in [0.05, 0.1) is 11.1 Å². The van der Waals surface area contributed by atoms with E-state index in [4.69, 9.17) is 0 Å². The first-order valence-electron chi connectivity index (χ1n) is 11.9. The second-order valence-electron chi connectivity index (χ2n) is 10.4. The molecule has 5 nitrogen and oxygen atoms in total. The second kappa shape index (κ2) is 8.46. The molecule has 178 valence electrons. The molecule has 5 atom stereocenters. The highest BCUT2D eigenvalue weighted by Gasteiger charge is 2.46. The standard InChI is InChI=1S/C25H31F3N4O/c1-15-8-18(30-23(33)10-20-16-9-17(20)13-31(2)12-16)14-32(11-15)22-6-5-21(25(26,27)28)24-19(22)4-3-7-29-24/h3-7,15-18,20H,8-14H2,1-2H3,(H,30,33)/t15-,16-,17+,18+,20?/m0/s1. The van der Waals surface area contributed by atoms with Crippen LogP contribution in [-0.2, 0) is 11.0 Å². The molecule has 1 N–H and O–H groups in total. The fraction of sp³-hybridized carbons (Fsp3) is 0.600. The number of piperidine rings is 3. The van der Waals surface area contributed by atoms with Crippen LogP contribution < -0.4 is 10.2 Å². The molecule has 3 heterocycles. The molecule has 3 fully saturated rings. The molecule has 5 rings (SSSR count). The number of halogens is 3. The van der Waals surface area contributed by atoms with Gasteiger partial charge in [-0.3, -0.25) is 9.78 Å². The monoisotopic (exact) mass is 460 g/mol. The van der Waals surface area contributed by atoms with E-state index in [0.717, 1.165) is 37.8 Å². The van der Waals surface area contributed by atoms with Crippen LogP contribution in [0.1, 0.15) is 31.7 Å². The van der Waals surface area contributed by atoms with E-state index < -0.39 is 11.7 Å². The third-order valence-corrected chi connectivity index (χ3v) is 7.75. The maximum Gasteiger partial charge on any atom is 0.418 e. The Hall–Kier alpha value is -2.35. The maximum atomic E-state index is 13.5. The average Bonchev–Trinajstić information content (AvgIpc) is 2.75. The summed E-state index contributed by atoms with van der Waals surface area (Å²) in [5, 5.41) is 3.74. The van der Waals surface area contributed by atoms with Crippen LogP contribution in [0, 0.1) is 23.7 Å². The topological polar surface area (TPSA) is 48.5 Å². The van der Waals surface area contributed by atoms with Gasteiger partial charge < -0.3 is 15.1 Å². The van der Waals surface area contributed by atoms with Gasteiger partial charge in [-0.05, 0) is 67.8 Å². The van der Waals surface area contributed by atoms with Crippen molar-refractivity contribution in [2.75, 3.05) is 38.1 Å². The number of hydrogen-bond donors (Lipinski definition) is 1. The molecule has 3 aliphatic rings. The Morgan fingerprint density at radius 1 is 1.12 bits per heavy atom. The number of aromatic nitrogens is 1. The first-order valence-corrected chi connectivity index (χ1v) is 11.9. The smallest absolute Gasteiger partial charge is 0.369 e. The van der Waals surface area contributed by atoms with Gasteiger partial charge in [0.15, 0.2) is 0 Å². The molecule has 33 heavy (non-hydrogen) atoms. The maximum absolute atomic E-state index is 13.5. The Morgan fingerprint density at radius 3 is 2.61 bits per heavy atom. The lowest BCUT2D eigenvalue weighted by Gasteiger charge is -2.53. The van der Waals surface area contributed by atoms with Crippen LogP contribution in [0.2, 0.25) is 0 Å². The summed E-state index contributed by atoms with van der Waals surface area (Å²) in [6.07, 6.45) is -0.353. The molecule has 1 aliphatic carbocycles. The molecule has 2 saturated heterocycles. The second-order valence-corrected chi connectivity index (χ2v) is 10.4. The number of nitrogens with zero attached hydrogens (tertiary/aromatic N) is 3. The minimum atomic E-state index is -4.45. The van der Waals surface area contributed by atoms with E-state index in [1.165, 1.54) is 12.6 Å². The molecule has 0 spiro atoms. The molecule has 1 saturated carbocycles. The molecule has 2 bridgehead atoms. The number of fused-ring (bicyclic) bond motifs is 3. The van der Waals surface area contributed by atoms with Crippen molar-refractivity contribution in [1.82, 2.24) is 15.2 Å². The lowest BCUT2D eigenvalue weighted by atomic mass is 9.60.